The molecule has 0 aromatic carbocycles. The first kappa shape index (κ1) is 9.56. The van der Waals surface area contributed by atoms with Crippen LogP contribution in [0.1, 0.15) is 46.0 Å². The van der Waals surface area contributed by atoms with E-state index in [1.807, 2.05) is 6.92 Å². The second kappa shape index (κ2) is 3.92. The van der Waals surface area contributed by atoms with E-state index in [1.54, 1.807) is 6.92 Å². The molecule has 0 saturated heterocycles. The van der Waals surface area contributed by atoms with E-state index in [1.165, 1.54) is 13.0 Å². The van der Waals surface area contributed by atoms with Crippen LogP contribution in [0.2, 0.25) is 0 Å². The fourth-order valence-electron chi connectivity index (χ4n) is 1.79. The summed E-state index contributed by atoms with van der Waals surface area (Å²) < 4.78 is 4.92. The molecule has 0 aromatic rings. The van der Waals surface area contributed by atoms with Crippen molar-refractivity contribution >= 4 is 5.97 Å². The van der Waals surface area contributed by atoms with E-state index in [2.05, 4.69) is 0 Å². The molecule has 0 unspecified atom stereocenters. The molecule has 2 heteroatoms. The van der Waals surface area contributed by atoms with Gasteiger partial charge in [0.15, 0.2) is 0 Å². The lowest BCUT2D eigenvalue weighted by atomic mass is 9.76. The average Bonchev–Trinajstić information content (AvgIpc) is 2.06. The van der Waals surface area contributed by atoms with Gasteiger partial charge in [-0.05, 0) is 26.7 Å². The van der Waals surface area contributed by atoms with Gasteiger partial charge in [-0.2, -0.15) is 0 Å². The Balaban J connectivity index is 2.50. The standard InChI is InChI=1S/C10H17O2/c1-3-12-9(11)10(2)7-5-4-6-8-10/h3H,4-8H2,1-2H3. The molecule has 0 aromatic heterocycles. The first-order valence-electron chi connectivity index (χ1n) is 4.68. The Morgan fingerprint density at radius 2 is 1.92 bits per heavy atom. The monoisotopic (exact) mass is 169 g/mol. The van der Waals surface area contributed by atoms with Crippen molar-refractivity contribution in [3.8, 4) is 0 Å². The van der Waals surface area contributed by atoms with E-state index >= 15 is 0 Å². The highest BCUT2D eigenvalue weighted by atomic mass is 16.5. The van der Waals surface area contributed by atoms with E-state index in [9.17, 15) is 4.79 Å². The van der Waals surface area contributed by atoms with Gasteiger partial charge in [0.1, 0.15) is 6.61 Å². The quantitative estimate of drug-likeness (QED) is 0.594. The van der Waals surface area contributed by atoms with Crippen LogP contribution >= 0.6 is 0 Å². The highest BCUT2D eigenvalue weighted by Gasteiger charge is 2.35. The first-order chi connectivity index (χ1) is 5.69. The topological polar surface area (TPSA) is 26.3 Å². The van der Waals surface area contributed by atoms with Crippen molar-refractivity contribution in [2.45, 2.75) is 46.0 Å². The molecule has 0 amide bonds. The summed E-state index contributed by atoms with van der Waals surface area (Å²) in [5, 5.41) is 0. The lowest BCUT2D eigenvalue weighted by molar-refractivity contribution is -0.152. The number of carbonyl (C=O) groups excluding carboxylic acids is 1. The lowest BCUT2D eigenvalue weighted by Gasteiger charge is -2.30. The van der Waals surface area contributed by atoms with E-state index in [0.717, 1.165) is 25.7 Å². The van der Waals surface area contributed by atoms with Gasteiger partial charge in [0.05, 0.1) is 5.41 Å². The van der Waals surface area contributed by atoms with Gasteiger partial charge in [0.2, 0.25) is 0 Å². The van der Waals surface area contributed by atoms with Gasteiger partial charge < -0.3 is 4.74 Å². The molecule has 12 heavy (non-hydrogen) atoms. The fraction of sp³-hybridized carbons (Fsp3) is 0.800. The van der Waals surface area contributed by atoms with Gasteiger partial charge in [-0.15, -0.1) is 0 Å². The molecule has 0 heterocycles. The van der Waals surface area contributed by atoms with Gasteiger partial charge in [-0.1, -0.05) is 19.3 Å². The largest absolute Gasteiger partial charge is 0.458 e. The van der Waals surface area contributed by atoms with E-state index in [4.69, 9.17) is 4.74 Å². The van der Waals surface area contributed by atoms with Crippen LogP contribution in [-0.4, -0.2) is 5.97 Å². The molecular weight excluding hydrogens is 152 g/mol. The number of ether oxygens (including phenoxy) is 1. The van der Waals surface area contributed by atoms with Crippen LogP contribution in [0, 0.1) is 12.0 Å². The Kier molecular flexibility index (Phi) is 3.12. The van der Waals surface area contributed by atoms with Gasteiger partial charge in [0.25, 0.3) is 0 Å². The maximum Gasteiger partial charge on any atom is 0.312 e. The van der Waals surface area contributed by atoms with Crippen LogP contribution in [0.4, 0.5) is 0 Å². The molecule has 2 nitrogen and oxygen atoms in total. The molecule has 0 atom stereocenters. The number of hydrogen-bond acceptors (Lipinski definition) is 2. The molecule has 1 aliphatic carbocycles. The molecule has 1 fully saturated rings. The Hall–Kier alpha value is -0.530. The molecule has 0 N–H and O–H groups in total. The van der Waals surface area contributed by atoms with Crippen molar-refractivity contribution < 1.29 is 9.53 Å². The first-order valence-corrected chi connectivity index (χ1v) is 4.68. The molecule has 1 aliphatic rings. The van der Waals surface area contributed by atoms with Crippen molar-refractivity contribution in [2.75, 3.05) is 0 Å². The minimum absolute atomic E-state index is 0.0512. The third kappa shape index (κ3) is 1.99. The van der Waals surface area contributed by atoms with Crippen LogP contribution in [-0.2, 0) is 9.53 Å². The van der Waals surface area contributed by atoms with Crippen LogP contribution in [0.15, 0.2) is 0 Å². The molecule has 0 aliphatic heterocycles. The fourth-order valence-corrected chi connectivity index (χ4v) is 1.79. The normalized spacial score (nSPS) is 21.8. The summed E-state index contributed by atoms with van der Waals surface area (Å²) in [6.07, 6.45) is 5.56. The maximum atomic E-state index is 11.5. The molecule has 1 radical (unpaired) electrons. The van der Waals surface area contributed by atoms with Crippen molar-refractivity contribution in [3.63, 3.8) is 0 Å². The van der Waals surface area contributed by atoms with Crippen LogP contribution in [0.3, 0.4) is 0 Å². The number of esters is 1. The minimum atomic E-state index is -0.204. The summed E-state index contributed by atoms with van der Waals surface area (Å²) in [6, 6.07) is 0. The average molecular weight is 169 g/mol. The molecule has 1 saturated carbocycles. The molecule has 1 rings (SSSR count). The molecular formula is C10H17O2. The zero-order valence-electron chi connectivity index (χ0n) is 7.93. The van der Waals surface area contributed by atoms with Gasteiger partial charge in [0, 0.05) is 0 Å². The molecule has 0 bridgehead atoms. The van der Waals surface area contributed by atoms with Gasteiger partial charge in [-0.25, -0.2) is 0 Å². The van der Waals surface area contributed by atoms with Gasteiger partial charge in [-0.3, -0.25) is 4.79 Å². The summed E-state index contributed by atoms with van der Waals surface area (Å²) in [4.78, 5) is 11.5. The summed E-state index contributed by atoms with van der Waals surface area (Å²) in [5.74, 6) is -0.0512. The van der Waals surface area contributed by atoms with Crippen LogP contribution in [0.25, 0.3) is 0 Å². The third-order valence-corrected chi connectivity index (χ3v) is 2.67. The Labute approximate surface area is 74.3 Å². The van der Waals surface area contributed by atoms with Crippen molar-refractivity contribution in [1.29, 1.82) is 0 Å². The summed E-state index contributed by atoms with van der Waals surface area (Å²) in [5.41, 5.74) is -0.204. The van der Waals surface area contributed by atoms with Gasteiger partial charge >= 0.3 is 5.97 Å². The van der Waals surface area contributed by atoms with Crippen molar-refractivity contribution in [1.82, 2.24) is 0 Å². The Bertz CT molecular complexity index is 157. The van der Waals surface area contributed by atoms with Crippen molar-refractivity contribution in [2.24, 2.45) is 5.41 Å². The van der Waals surface area contributed by atoms with Crippen LogP contribution < -0.4 is 0 Å². The summed E-state index contributed by atoms with van der Waals surface area (Å²) in [6.45, 7) is 5.23. The SMILES string of the molecule is C[CH]OC(=O)C1(C)CCCCC1. The minimum Gasteiger partial charge on any atom is -0.458 e. The second-order valence-electron chi connectivity index (χ2n) is 3.76. The molecule has 69 valence electrons. The van der Waals surface area contributed by atoms with Crippen molar-refractivity contribution in [3.05, 3.63) is 6.61 Å². The summed E-state index contributed by atoms with van der Waals surface area (Å²) >= 11 is 0. The van der Waals surface area contributed by atoms with E-state index in [0.29, 0.717) is 0 Å². The highest BCUT2D eigenvalue weighted by molar-refractivity contribution is 5.76. The highest BCUT2D eigenvalue weighted by Crippen LogP contribution is 2.36. The lowest BCUT2D eigenvalue weighted by Crippen LogP contribution is -2.31. The van der Waals surface area contributed by atoms with Crippen LogP contribution in [0.5, 0.6) is 0 Å². The number of rotatable bonds is 2. The Morgan fingerprint density at radius 3 is 2.42 bits per heavy atom. The smallest absolute Gasteiger partial charge is 0.312 e. The van der Waals surface area contributed by atoms with E-state index < -0.39 is 0 Å². The van der Waals surface area contributed by atoms with E-state index in [-0.39, 0.29) is 11.4 Å². The summed E-state index contributed by atoms with van der Waals surface area (Å²) in [7, 11) is 0. The predicted molar refractivity (Wildman–Crippen MR) is 47.3 cm³/mol. The predicted octanol–water partition coefficient (Wildman–Crippen LogP) is 2.68. The number of carbonyl (C=O) groups is 1. The maximum absolute atomic E-state index is 11.5. The Morgan fingerprint density at radius 1 is 1.33 bits per heavy atom. The second-order valence-corrected chi connectivity index (χ2v) is 3.76. The molecule has 0 spiro atoms. The third-order valence-electron chi connectivity index (χ3n) is 2.67. The number of hydrogen-bond donors (Lipinski definition) is 0. The zero-order valence-corrected chi connectivity index (χ0v) is 7.93. The zero-order chi connectivity index (χ0) is 9.03.